The minimum absolute atomic E-state index is 0.0381. The summed E-state index contributed by atoms with van der Waals surface area (Å²) in [7, 11) is 0. The van der Waals surface area contributed by atoms with Gasteiger partial charge < -0.3 is 19.5 Å². The van der Waals surface area contributed by atoms with Crippen molar-refractivity contribution in [1.29, 1.82) is 0 Å². The van der Waals surface area contributed by atoms with Crippen molar-refractivity contribution < 1.29 is 32.2 Å². The molecule has 0 unspecified atom stereocenters. The molecule has 0 aliphatic heterocycles. The number of ether oxygens (including phenoxy) is 3. The van der Waals surface area contributed by atoms with Gasteiger partial charge in [-0.05, 0) is 37.3 Å². The summed E-state index contributed by atoms with van der Waals surface area (Å²) in [5.41, 5.74) is 0.446. The van der Waals surface area contributed by atoms with Crippen molar-refractivity contribution in [2.45, 2.75) is 13.1 Å². The van der Waals surface area contributed by atoms with Crippen LogP contribution in [0.5, 0.6) is 17.2 Å². The summed E-state index contributed by atoms with van der Waals surface area (Å²) in [6.45, 7) is 0.374. The molecule has 0 aliphatic rings. The predicted molar refractivity (Wildman–Crippen MR) is 97.4 cm³/mol. The van der Waals surface area contributed by atoms with Crippen LogP contribution < -0.4 is 19.5 Å². The van der Waals surface area contributed by atoms with E-state index in [1.807, 2.05) is 6.92 Å². The van der Waals surface area contributed by atoms with E-state index in [0.29, 0.717) is 18.0 Å². The third-order valence-corrected chi connectivity index (χ3v) is 3.61. The number of amides is 1. The van der Waals surface area contributed by atoms with Gasteiger partial charge in [0, 0.05) is 4.47 Å². The van der Waals surface area contributed by atoms with Crippen molar-refractivity contribution in [1.82, 2.24) is 0 Å². The molecule has 0 saturated carbocycles. The Morgan fingerprint density at radius 3 is 2.33 bits per heavy atom. The van der Waals surface area contributed by atoms with Crippen LogP contribution in [0.4, 0.5) is 18.9 Å². The summed E-state index contributed by atoms with van der Waals surface area (Å²) in [5.74, 6) is -0.0705. The number of nitrogens with one attached hydrogen (secondary N) is 1. The highest BCUT2D eigenvalue weighted by Gasteiger charge is 2.29. The lowest BCUT2D eigenvalue weighted by Gasteiger charge is -2.15. The van der Waals surface area contributed by atoms with Crippen molar-refractivity contribution in [3.63, 3.8) is 0 Å². The van der Waals surface area contributed by atoms with Crippen LogP contribution in [-0.4, -0.2) is 31.9 Å². The van der Waals surface area contributed by atoms with E-state index >= 15 is 0 Å². The molecule has 0 aromatic heterocycles. The van der Waals surface area contributed by atoms with Crippen LogP contribution in [0.2, 0.25) is 0 Å². The second-order valence-corrected chi connectivity index (χ2v) is 6.18. The highest BCUT2D eigenvalue weighted by atomic mass is 79.9. The number of hydrogen-bond acceptors (Lipinski definition) is 4. The Morgan fingerprint density at radius 1 is 1.04 bits per heavy atom. The average Bonchev–Trinajstić information content (AvgIpc) is 2.60. The second-order valence-electron chi connectivity index (χ2n) is 5.26. The van der Waals surface area contributed by atoms with Crippen LogP contribution in [0.25, 0.3) is 0 Å². The van der Waals surface area contributed by atoms with Gasteiger partial charge in [-0.2, -0.15) is 13.2 Å². The zero-order chi connectivity index (χ0) is 19.9. The number of hydrogen-bond donors (Lipinski definition) is 1. The number of para-hydroxylation sites is 2. The highest BCUT2D eigenvalue weighted by molar-refractivity contribution is 9.10. The lowest BCUT2D eigenvalue weighted by Crippen LogP contribution is -2.22. The number of alkyl halides is 3. The van der Waals surface area contributed by atoms with Gasteiger partial charge in [-0.1, -0.05) is 28.1 Å². The van der Waals surface area contributed by atoms with Crippen LogP contribution in [0.1, 0.15) is 6.92 Å². The van der Waals surface area contributed by atoms with Crippen molar-refractivity contribution in [2.24, 2.45) is 0 Å². The first-order valence-corrected chi connectivity index (χ1v) is 8.71. The molecule has 146 valence electrons. The first kappa shape index (κ1) is 20.9. The largest absolute Gasteiger partial charge is 0.492 e. The fourth-order valence-electron chi connectivity index (χ4n) is 2.06. The molecular formula is C18H17BrF3NO4. The summed E-state index contributed by atoms with van der Waals surface area (Å²) in [4.78, 5) is 12.2. The molecule has 27 heavy (non-hydrogen) atoms. The van der Waals surface area contributed by atoms with Gasteiger partial charge >= 0.3 is 6.18 Å². The Balaban J connectivity index is 1.99. The van der Waals surface area contributed by atoms with Gasteiger partial charge in [0.1, 0.15) is 5.75 Å². The number of halogens is 4. The monoisotopic (exact) mass is 447 g/mol. The van der Waals surface area contributed by atoms with Crippen molar-refractivity contribution in [3.8, 4) is 17.2 Å². The number of benzene rings is 2. The first-order chi connectivity index (χ1) is 12.8. The fourth-order valence-corrected chi connectivity index (χ4v) is 2.42. The van der Waals surface area contributed by atoms with E-state index in [0.717, 1.165) is 4.47 Å². The molecule has 1 amide bonds. The summed E-state index contributed by atoms with van der Waals surface area (Å²) in [5, 5.41) is 2.64. The van der Waals surface area contributed by atoms with Crippen LogP contribution in [0, 0.1) is 0 Å². The van der Waals surface area contributed by atoms with Crippen LogP contribution in [0.3, 0.4) is 0 Å². The van der Waals surface area contributed by atoms with Gasteiger partial charge in [-0.25, -0.2) is 0 Å². The number of anilines is 1. The average molecular weight is 448 g/mol. The minimum Gasteiger partial charge on any atom is -0.492 e. The van der Waals surface area contributed by atoms with E-state index in [-0.39, 0.29) is 11.5 Å². The third-order valence-electron chi connectivity index (χ3n) is 3.11. The molecule has 0 aliphatic carbocycles. The second kappa shape index (κ2) is 9.50. The normalized spacial score (nSPS) is 11.0. The molecule has 2 aromatic carbocycles. The zero-order valence-electron chi connectivity index (χ0n) is 14.3. The Morgan fingerprint density at radius 2 is 1.70 bits per heavy atom. The molecule has 0 fully saturated rings. The molecular weight excluding hydrogens is 431 g/mol. The molecule has 0 heterocycles. The van der Waals surface area contributed by atoms with Crippen molar-refractivity contribution >= 4 is 27.5 Å². The number of rotatable bonds is 8. The molecule has 0 atom stereocenters. The lowest BCUT2D eigenvalue weighted by atomic mass is 10.3. The molecule has 2 aromatic rings. The van der Waals surface area contributed by atoms with Crippen LogP contribution >= 0.6 is 15.9 Å². The molecule has 0 bridgehead atoms. The molecule has 0 radical (unpaired) electrons. The minimum atomic E-state index is -4.47. The maximum Gasteiger partial charge on any atom is 0.422 e. The van der Waals surface area contributed by atoms with Gasteiger partial charge in [-0.15, -0.1) is 0 Å². The van der Waals surface area contributed by atoms with E-state index in [9.17, 15) is 18.0 Å². The summed E-state index contributed by atoms with van der Waals surface area (Å²) >= 11 is 3.31. The molecule has 2 rings (SSSR count). The maximum atomic E-state index is 12.3. The molecule has 1 N–H and O–H groups in total. The quantitative estimate of drug-likeness (QED) is 0.630. The molecule has 5 nitrogen and oxygen atoms in total. The number of carbonyl (C=O) groups excluding carboxylic acids is 1. The standard InChI is InChI=1S/C18H17BrF3NO4/c1-2-25-14-8-7-12(19)9-13(14)23-17(24)10-26-15-5-3-4-6-16(15)27-11-18(20,21)22/h3-9H,2,10-11H2,1H3,(H,23,24). The summed E-state index contributed by atoms with van der Waals surface area (Å²) < 4.78 is 53.2. The van der Waals surface area contributed by atoms with E-state index < -0.39 is 25.3 Å². The molecule has 0 saturated heterocycles. The first-order valence-electron chi connectivity index (χ1n) is 7.92. The van der Waals surface area contributed by atoms with Gasteiger partial charge in [0.25, 0.3) is 5.91 Å². The smallest absolute Gasteiger partial charge is 0.422 e. The van der Waals surface area contributed by atoms with Gasteiger partial charge in [0.05, 0.1) is 12.3 Å². The Kier molecular flexibility index (Phi) is 7.35. The summed E-state index contributed by atoms with van der Waals surface area (Å²) in [6.07, 6.45) is -4.47. The SMILES string of the molecule is CCOc1ccc(Br)cc1NC(=O)COc1ccccc1OCC(F)(F)F. The number of carbonyl (C=O) groups is 1. The van der Waals surface area contributed by atoms with Gasteiger partial charge in [-0.3, -0.25) is 4.79 Å². The maximum absolute atomic E-state index is 12.3. The highest BCUT2D eigenvalue weighted by Crippen LogP contribution is 2.30. The molecule has 9 heteroatoms. The lowest BCUT2D eigenvalue weighted by molar-refractivity contribution is -0.153. The van der Waals surface area contributed by atoms with Crippen LogP contribution in [0.15, 0.2) is 46.9 Å². The summed E-state index contributed by atoms with van der Waals surface area (Å²) in [6, 6.07) is 11.0. The predicted octanol–water partition coefficient (Wildman–Crippen LogP) is 4.81. The topological polar surface area (TPSA) is 56.8 Å². The van der Waals surface area contributed by atoms with Gasteiger partial charge in [0.2, 0.25) is 0 Å². The van der Waals surface area contributed by atoms with Crippen LogP contribution in [-0.2, 0) is 4.79 Å². The zero-order valence-corrected chi connectivity index (χ0v) is 15.9. The Labute approximate surface area is 162 Å². The Bertz CT molecular complexity index is 783. The van der Waals surface area contributed by atoms with E-state index in [1.54, 1.807) is 24.3 Å². The van der Waals surface area contributed by atoms with Crippen molar-refractivity contribution in [2.75, 3.05) is 25.1 Å². The van der Waals surface area contributed by atoms with E-state index in [1.165, 1.54) is 18.2 Å². The third kappa shape index (κ3) is 7.01. The van der Waals surface area contributed by atoms with E-state index in [2.05, 4.69) is 21.2 Å². The van der Waals surface area contributed by atoms with E-state index in [4.69, 9.17) is 14.2 Å². The molecule has 0 spiro atoms. The van der Waals surface area contributed by atoms with Gasteiger partial charge in [0.15, 0.2) is 24.7 Å². The van der Waals surface area contributed by atoms with Crippen molar-refractivity contribution in [3.05, 3.63) is 46.9 Å². The Hall–Kier alpha value is -2.42. The fraction of sp³-hybridized carbons (Fsp3) is 0.278.